The van der Waals surface area contributed by atoms with E-state index in [1.807, 2.05) is 24.3 Å². The van der Waals surface area contributed by atoms with Crippen molar-refractivity contribution in [1.82, 2.24) is 4.98 Å². The predicted molar refractivity (Wildman–Crippen MR) is 98.1 cm³/mol. The summed E-state index contributed by atoms with van der Waals surface area (Å²) in [6, 6.07) is 13.4. The van der Waals surface area contributed by atoms with Crippen LogP contribution in [0.25, 0.3) is 11.1 Å². The highest BCUT2D eigenvalue weighted by molar-refractivity contribution is 5.76. The van der Waals surface area contributed by atoms with Gasteiger partial charge in [-0.25, -0.2) is 4.39 Å². The molecule has 3 aromatic rings. The molecule has 0 aliphatic rings. The lowest BCUT2D eigenvalue weighted by molar-refractivity contribution is 0.347. The molecule has 0 spiro atoms. The number of benzene rings is 2. The van der Waals surface area contributed by atoms with Gasteiger partial charge in [0.2, 0.25) is 0 Å². The average molecular weight is 357 g/mol. The minimum Gasteiger partial charge on any atom is -0.497 e. The van der Waals surface area contributed by atoms with Gasteiger partial charge in [-0.15, -0.1) is 0 Å². The Morgan fingerprint density at radius 3 is 2.69 bits per heavy atom. The van der Waals surface area contributed by atoms with E-state index < -0.39 is 0 Å². The summed E-state index contributed by atoms with van der Waals surface area (Å²) in [6.07, 6.45) is 0.466. The molecule has 26 heavy (non-hydrogen) atoms. The van der Waals surface area contributed by atoms with Crippen molar-refractivity contribution in [3.8, 4) is 11.5 Å². The van der Waals surface area contributed by atoms with E-state index in [-0.39, 0.29) is 13.2 Å². The van der Waals surface area contributed by atoms with Gasteiger partial charge in [-0.1, -0.05) is 12.1 Å². The Hall–Kier alpha value is -3.06. The SMILES string of the molecule is COc1ccc(CNc2nc3ccc(OCC(=CF)CN)cc3o2)cc1. The van der Waals surface area contributed by atoms with E-state index in [4.69, 9.17) is 19.6 Å². The smallest absolute Gasteiger partial charge is 0.295 e. The van der Waals surface area contributed by atoms with Crippen LogP contribution in [0.3, 0.4) is 0 Å². The van der Waals surface area contributed by atoms with Crippen molar-refractivity contribution in [2.45, 2.75) is 6.54 Å². The molecule has 0 amide bonds. The Morgan fingerprint density at radius 1 is 1.23 bits per heavy atom. The van der Waals surface area contributed by atoms with Gasteiger partial charge in [0.15, 0.2) is 5.58 Å². The zero-order valence-electron chi connectivity index (χ0n) is 14.4. The Labute approximate surface area is 150 Å². The molecule has 0 aliphatic heterocycles. The molecular weight excluding hydrogens is 337 g/mol. The second-order valence-corrected chi connectivity index (χ2v) is 5.61. The minimum absolute atomic E-state index is 0.0925. The lowest BCUT2D eigenvalue weighted by Crippen LogP contribution is -2.10. The number of halogens is 1. The van der Waals surface area contributed by atoms with Crippen LogP contribution in [0.5, 0.6) is 11.5 Å². The number of fused-ring (bicyclic) bond motifs is 1. The Kier molecular flexibility index (Phi) is 5.70. The van der Waals surface area contributed by atoms with Gasteiger partial charge in [0.1, 0.15) is 23.6 Å². The number of ether oxygens (including phenoxy) is 2. The zero-order chi connectivity index (χ0) is 18.4. The number of nitrogens with one attached hydrogen (secondary N) is 1. The maximum absolute atomic E-state index is 12.5. The Balaban J connectivity index is 1.64. The largest absolute Gasteiger partial charge is 0.497 e. The summed E-state index contributed by atoms with van der Waals surface area (Å²) in [5.41, 5.74) is 8.14. The first-order valence-corrected chi connectivity index (χ1v) is 8.10. The molecule has 136 valence electrons. The molecule has 3 rings (SSSR count). The number of rotatable bonds is 8. The normalized spacial score (nSPS) is 11.6. The van der Waals surface area contributed by atoms with Crippen molar-refractivity contribution in [3.05, 3.63) is 59.9 Å². The topological polar surface area (TPSA) is 82.5 Å². The van der Waals surface area contributed by atoms with Crippen LogP contribution in [0.15, 0.2) is 58.8 Å². The first-order valence-electron chi connectivity index (χ1n) is 8.10. The van der Waals surface area contributed by atoms with E-state index in [0.717, 1.165) is 11.3 Å². The van der Waals surface area contributed by atoms with Gasteiger partial charge in [-0.3, -0.25) is 0 Å². The molecule has 2 aromatic carbocycles. The third-order valence-electron chi connectivity index (χ3n) is 3.80. The van der Waals surface area contributed by atoms with Crippen LogP contribution in [0.1, 0.15) is 5.56 Å². The molecule has 6 nitrogen and oxygen atoms in total. The van der Waals surface area contributed by atoms with E-state index in [1.54, 1.807) is 25.3 Å². The lowest BCUT2D eigenvalue weighted by atomic mass is 10.2. The summed E-state index contributed by atoms with van der Waals surface area (Å²) in [4.78, 5) is 4.38. The summed E-state index contributed by atoms with van der Waals surface area (Å²) in [7, 11) is 1.63. The van der Waals surface area contributed by atoms with Crippen molar-refractivity contribution < 1.29 is 18.3 Å². The van der Waals surface area contributed by atoms with Crippen molar-refractivity contribution in [3.63, 3.8) is 0 Å². The van der Waals surface area contributed by atoms with Gasteiger partial charge in [-0.2, -0.15) is 4.98 Å². The molecule has 3 N–H and O–H groups in total. The summed E-state index contributed by atoms with van der Waals surface area (Å²) < 4.78 is 28.9. The highest BCUT2D eigenvalue weighted by Gasteiger charge is 2.08. The summed E-state index contributed by atoms with van der Waals surface area (Å²) >= 11 is 0. The summed E-state index contributed by atoms with van der Waals surface area (Å²) in [6.45, 7) is 0.775. The molecule has 1 aromatic heterocycles. The van der Waals surface area contributed by atoms with E-state index in [9.17, 15) is 4.39 Å². The maximum Gasteiger partial charge on any atom is 0.295 e. The van der Waals surface area contributed by atoms with Crippen molar-refractivity contribution in [1.29, 1.82) is 0 Å². The van der Waals surface area contributed by atoms with E-state index in [2.05, 4.69) is 10.3 Å². The average Bonchev–Trinajstić information content (AvgIpc) is 3.09. The first kappa shape index (κ1) is 17.8. The van der Waals surface area contributed by atoms with Crippen LogP contribution in [0, 0.1) is 0 Å². The molecule has 7 heteroatoms. The second-order valence-electron chi connectivity index (χ2n) is 5.61. The van der Waals surface area contributed by atoms with Crippen LogP contribution in [-0.4, -0.2) is 25.2 Å². The molecule has 0 fully saturated rings. The zero-order valence-corrected chi connectivity index (χ0v) is 14.4. The lowest BCUT2D eigenvalue weighted by Gasteiger charge is -2.06. The van der Waals surface area contributed by atoms with Crippen LogP contribution in [-0.2, 0) is 6.54 Å². The highest BCUT2D eigenvalue weighted by Crippen LogP contribution is 2.24. The monoisotopic (exact) mass is 357 g/mol. The Morgan fingerprint density at radius 2 is 2.00 bits per heavy atom. The fourth-order valence-electron chi connectivity index (χ4n) is 2.30. The van der Waals surface area contributed by atoms with Crippen LogP contribution in [0.2, 0.25) is 0 Å². The van der Waals surface area contributed by atoms with Gasteiger partial charge in [-0.05, 0) is 29.8 Å². The molecule has 0 saturated heterocycles. The number of aromatic nitrogens is 1. The molecule has 1 heterocycles. The Bertz CT molecular complexity index is 891. The number of anilines is 1. The number of hydrogen-bond acceptors (Lipinski definition) is 6. The minimum atomic E-state index is 0.0925. The number of hydrogen-bond donors (Lipinski definition) is 2. The van der Waals surface area contributed by atoms with Crippen molar-refractivity contribution in [2.24, 2.45) is 5.73 Å². The predicted octanol–water partition coefficient (Wildman–Crippen LogP) is 3.64. The van der Waals surface area contributed by atoms with Gasteiger partial charge in [0.25, 0.3) is 6.01 Å². The van der Waals surface area contributed by atoms with Crippen molar-refractivity contribution >= 4 is 17.1 Å². The molecule has 0 unspecified atom stereocenters. The van der Waals surface area contributed by atoms with Crippen molar-refractivity contribution in [2.75, 3.05) is 25.6 Å². The molecule has 0 aliphatic carbocycles. The van der Waals surface area contributed by atoms with Gasteiger partial charge in [0.05, 0.1) is 13.4 Å². The van der Waals surface area contributed by atoms with Crippen LogP contribution in [0.4, 0.5) is 10.4 Å². The number of methoxy groups -OCH3 is 1. The first-order chi connectivity index (χ1) is 12.7. The van der Waals surface area contributed by atoms with E-state index >= 15 is 0 Å². The molecule has 0 saturated carbocycles. The maximum atomic E-state index is 12.5. The second kappa shape index (κ2) is 8.35. The number of nitrogens with zero attached hydrogens (tertiary/aromatic N) is 1. The van der Waals surface area contributed by atoms with Gasteiger partial charge in [0, 0.05) is 24.7 Å². The van der Waals surface area contributed by atoms with Crippen LogP contribution < -0.4 is 20.5 Å². The third-order valence-corrected chi connectivity index (χ3v) is 3.80. The van der Waals surface area contributed by atoms with E-state index in [1.165, 1.54) is 0 Å². The highest BCUT2D eigenvalue weighted by atomic mass is 19.1. The number of nitrogens with two attached hydrogens (primary N) is 1. The van der Waals surface area contributed by atoms with Gasteiger partial charge < -0.3 is 24.9 Å². The fourth-order valence-corrected chi connectivity index (χ4v) is 2.30. The number of oxazole rings is 1. The molecule has 0 bridgehead atoms. The third kappa shape index (κ3) is 4.31. The molecular formula is C19H20FN3O3. The van der Waals surface area contributed by atoms with Gasteiger partial charge >= 0.3 is 0 Å². The molecule has 0 atom stereocenters. The molecule has 0 radical (unpaired) electrons. The van der Waals surface area contributed by atoms with E-state index in [0.29, 0.717) is 41.3 Å². The summed E-state index contributed by atoms with van der Waals surface area (Å²) in [5.74, 6) is 1.37. The fraction of sp³-hybridized carbons (Fsp3) is 0.211. The van der Waals surface area contributed by atoms with Crippen LogP contribution >= 0.6 is 0 Å². The standard InChI is InChI=1S/C19H20FN3O3/c1-24-15-4-2-13(3-5-15)11-22-19-23-17-7-6-16(8-18(17)26-19)25-12-14(9-20)10-21/h2-9H,10-12,21H2,1H3,(H,22,23). The quantitative estimate of drug-likeness (QED) is 0.640. The summed E-state index contributed by atoms with van der Waals surface area (Å²) in [5, 5.41) is 3.14.